The predicted molar refractivity (Wildman–Crippen MR) is 101 cm³/mol. The summed E-state index contributed by atoms with van der Waals surface area (Å²) in [6.45, 7) is -0.390. The van der Waals surface area contributed by atoms with Crippen LogP contribution in [0.2, 0.25) is 0 Å². The Morgan fingerprint density at radius 1 is 1.00 bits per heavy atom. The van der Waals surface area contributed by atoms with Gasteiger partial charge in [0.15, 0.2) is 5.78 Å². The van der Waals surface area contributed by atoms with Crippen LogP contribution in [0.25, 0.3) is 11.1 Å². The number of ketones is 1. The van der Waals surface area contributed by atoms with Gasteiger partial charge in [-0.1, -0.05) is 24.3 Å². The van der Waals surface area contributed by atoms with Crippen molar-refractivity contribution in [2.45, 2.75) is 6.54 Å². The van der Waals surface area contributed by atoms with Gasteiger partial charge in [-0.2, -0.15) is 4.39 Å². The van der Waals surface area contributed by atoms with Gasteiger partial charge in [0.05, 0.1) is 27.0 Å². The molecule has 0 spiro atoms. The molecule has 7 nitrogen and oxygen atoms in total. The van der Waals surface area contributed by atoms with E-state index in [9.17, 15) is 18.8 Å². The summed E-state index contributed by atoms with van der Waals surface area (Å²) in [5, 5.41) is 0. The van der Waals surface area contributed by atoms with Crippen LogP contribution in [0, 0.1) is 5.82 Å². The highest BCUT2D eigenvalue weighted by Gasteiger charge is 2.11. The molecular weight excluding hydrogens is 367 g/mol. The number of hydrogen-bond donors (Lipinski definition) is 1. The van der Waals surface area contributed by atoms with Crippen LogP contribution in [0.15, 0.2) is 58.3 Å². The third-order valence-corrected chi connectivity index (χ3v) is 4.17. The van der Waals surface area contributed by atoms with Crippen molar-refractivity contribution in [2.75, 3.05) is 14.2 Å². The summed E-state index contributed by atoms with van der Waals surface area (Å²) >= 11 is 0. The Hall–Kier alpha value is -3.68. The molecule has 1 heterocycles. The van der Waals surface area contributed by atoms with Crippen LogP contribution >= 0.6 is 0 Å². The van der Waals surface area contributed by atoms with E-state index >= 15 is 0 Å². The number of hydrogen-bond acceptors (Lipinski definition) is 5. The highest BCUT2D eigenvalue weighted by molar-refractivity contribution is 5.96. The molecular formula is C20H17FN2O5. The molecule has 0 bridgehead atoms. The lowest BCUT2D eigenvalue weighted by Crippen LogP contribution is -2.33. The van der Waals surface area contributed by atoms with Crippen LogP contribution in [-0.4, -0.2) is 29.6 Å². The first-order valence-corrected chi connectivity index (χ1v) is 8.27. The van der Waals surface area contributed by atoms with Crippen molar-refractivity contribution in [3.05, 3.63) is 80.9 Å². The zero-order chi connectivity index (χ0) is 20.3. The number of nitrogens with one attached hydrogen (secondary N) is 1. The van der Waals surface area contributed by atoms with Gasteiger partial charge in [-0.05, 0) is 23.3 Å². The van der Waals surface area contributed by atoms with Crippen LogP contribution in [0.5, 0.6) is 11.5 Å². The average Bonchev–Trinajstić information content (AvgIpc) is 2.71. The fourth-order valence-electron chi connectivity index (χ4n) is 2.67. The Morgan fingerprint density at radius 3 is 2.18 bits per heavy atom. The smallest absolute Gasteiger partial charge is 0.328 e. The van der Waals surface area contributed by atoms with Gasteiger partial charge in [0.2, 0.25) is 5.82 Å². The van der Waals surface area contributed by atoms with Crippen molar-refractivity contribution in [1.82, 2.24) is 9.55 Å². The Labute approximate surface area is 159 Å². The van der Waals surface area contributed by atoms with Gasteiger partial charge < -0.3 is 9.47 Å². The summed E-state index contributed by atoms with van der Waals surface area (Å²) in [5.41, 5.74) is 0.0545. The summed E-state index contributed by atoms with van der Waals surface area (Å²) in [5.74, 6) is -0.263. The first-order chi connectivity index (χ1) is 13.4. The molecule has 0 saturated heterocycles. The molecule has 0 aliphatic carbocycles. The molecule has 0 aliphatic heterocycles. The maximum Gasteiger partial charge on any atom is 0.328 e. The zero-order valence-corrected chi connectivity index (χ0v) is 15.2. The molecule has 0 atom stereocenters. The number of carbonyl (C=O) groups is 1. The topological polar surface area (TPSA) is 90.4 Å². The van der Waals surface area contributed by atoms with Crippen molar-refractivity contribution in [1.29, 1.82) is 0 Å². The summed E-state index contributed by atoms with van der Waals surface area (Å²) < 4.78 is 24.7. The minimum atomic E-state index is -1.13. The minimum Gasteiger partial charge on any atom is -0.497 e. The number of ether oxygens (including phenoxy) is 2. The van der Waals surface area contributed by atoms with E-state index < -0.39 is 29.4 Å². The SMILES string of the molecule is COc1cc(OC)cc(-c2ccc(C(=O)Cn3cc(F)c(=O)[nH]c3=O)cc2)c1. The molecule has 8 heteroatoms. The Bertz CT molecular complexity index is 1110. The van der Waals surface area contributed by atoms with Crippen LogP contribution in [-0.2, 0) is 6.54 Å². The molecule has 0 unspecified atom stereocenters. The van der Waals surface area contributed by atoms with Gasteiger partial charge in [0.25, 0.3) is 5.56 Å². The van der Waals surface area contributed by atoms with Crippen molar-refractivity contribution < 1.29 is 18.7 Å². The molecule has 0 saturated carbocycles. The Kier molecular flexibility index (Phi) is 5.39. The summed E-state index contributed by atoms with van der Waals surface area (Å²) in [6.07, 6.45) is 0.718. The number of aromatic nitrogens is 2. The van der Waals surface area contributed by atoms with Gasteiger partial charge in [-0.3, -0.25) is 19.1 Å². The molecule has 3 rings (SSSR count). The van der Waals surface area contributed by atoms with Crippen LogP contribution in [0.1, 0.15) is 10.4 Å². The van der Waals surface area contributed by atoms with E-state index in [-0.39, 0.29) is 0 Å². The molecule has 144 valence electrons. The van der Waals surface area contributed by atoms with E-state index in [1.165, 1.54) is 0 Å². The zero-order valence-electron chi connectivity index (χ0n) is 15.2. The first-order valence-electron chi connectivity index (χ1n) is 8.27. The van der Waals surface area contributed by atoms with E-state index in [0.717, 1.165) is 21.9 Å². The second-order valence-corrected chi connectivity index (χ2v) is 5.97. The van der Waals surface area contributed by atoms with Crippen molar-refractivity contribution >= 4 is 5.78 Å². The summed E-state index contributed by atoms with van der Waals surface area (Å²) in [7, 11) is 3.11. The van der Waals surface area contributed by atoms with Crippen molar-refractivity contribution in [2.24, 2.45) is 0 Å². The fraction of sp³-hybridized carbons (Fsp3) is 0.150. The standard InChI is InChI=1S/C20H17FN2O5/c1-27-15-7-14(8-16(9-15)28-2)12-3-5-13(6-4-12)18(24)11-23-10-17(21)19(25)22-20(23)26/h3-10H,11H2,1-2H3,(H,22,25,26). The second kappa shape index (κ2) is 7.91. The fourth-order valence-corrected chi connectivity index (χ4v) is 2.67. The van der Waals surface area contributed by atoms with E-state index in [4.69, 9.17) is 9.47 Å². The lowest BCUT2D eigenvalue weighted by atomic mass is 10.0. The first kappa shape index (κ1) is 19.1. The Morgan fingerprint density at radius 2 is 1.61 bits per heavy atom. The number of rotatable bonds is 6. The number of halogens is 1. The lowest BCUT2D eigenvalue weighted by Gasteiger charge is -2.09. The largest absolute Gasteiger partial charge is 0.497 e. The number of nitrogens with zero attached hydrogens (tertiary/aromatic N) is 1. The highest BCUT2D eigenvalue weighted by Crippen LogP contribution is 2.29. The molecule has 2 aromatic carbocycles. The van der Waals surface area contributed by atoms with Gasteiger partial charge in [0.1, 0.15) is 11.5 Å². The number of aromatic amines is 1. The van der Waals surface area contributed by atoms with E-state index in [1.54, 1.807) is 44.6 Å². The van der Waals surface area contributed by atoms with Gasteiger partial charge in [0, 0.05) is 11.6 Å². The van der Waals surface area contributed by atoms with Crippen LogP contribution < -0.4 is 20.7 Å². The molecule has 0 radical (unpaired) electrons. The Balaban J connectivity index is 1.85. The third-order valence-electron chi connectivity index (χ3n) is 4.17. The van der Waals surface area contributed by atoms with Crippen LogP contribution in [0.4, 0.5) is 4.39 Å². The third kappa shape index (κ3) is 4.01. The number of carbonyl (C=O) groups excluding carboxylic acids is 1. The monoisotopic (exact) mass is 384 g/mol. The van der Waals surface area contributed by atoms with E-state index in [2.05, 4.69) is 0 Å². The predicted octanol–water partition coefficient (Wildman–Crippen LogP) is 2.24. The van der Waals surface area contributed by atoms with E-state index in [0.29, 0.717) is 17.1 Å². The second-order valence-electron chi connectivity index (χ2n) is 5.97. The highest BCUT2D eigenvalue weighted by atomic mass is 19.1. The number of H-pyrrole nitrogens is 1. The lowest BCUT2D eigenvalue weighted by molar-refractivity contribution is 0.0970. The average molecular weight is 384 g/mol. The molecule has 0 amide bonds. The normalized spacial score (nSPS) is 10.5. The van der Waals surface area contributed by atoms with Gasteiger partial charge in [-0.15, -0.1) is 0 Å². The van der Waals surface area contributed by atoms with Gasteiger partial charge >= 0.3 is 5.69 Å². The van der Waals surface area contributed by atoms with Gasteiger partial charge in [-0.25, -0.2) is 4.79 Å². The number of benzene rings is 2. The molecule has 0 fully saturated rings. The van der Waals surface area contributed by atoms with Crippen molar-refractivity contribution in [3.63, 3.8) is 0 Å². The molecule has 0 aliphatic rings. The number of methoxy groups -OCH3 is 2. The molecule has 1 N–H and O–H groups in total. The summed E-state index contributed by atoms with van der Waals surface area (Å²) in [4.78, 5) is 37.0. The van der Waals surface area contributed by atoms with Crippen LogP contribution in [0.3, 0.4) is 0 Å². The minimum absolute atomic E-state index is 0.345. The maximum absolute atomic E-state index is 13.3. The molecule has 1 aromatic heterocycles. The summed E-state index contributed by atoms with van der Waals surface area (Å²) in [6, 6.07) is 12.1. The molecule has 28 heavy (non-hydrogen) atoms. The van der Waals surface area contributed by atoms with Crippen molar-refractivity contribution in [3.8, 4) is 22.6 Å². The van der Waals surface area contributed by atoms with E-state index in [1.807, 2.05) is 17.1 Å². The molecule has 3 aromatic rings. The quantitative estimate of drug-likeness (QED) is 0.659. The number of Topliss-reactive ketones (excluding diaryl/α,β-unsaturated/α-hetero) is 1. The maximum atomic E-state index is 13.3.